The average Bonchev–Trinajstić information content (AvgIpc) is 3.08. The Hall–Kier alpha value is -4.93. The fraction of sp³-hybridized carbons (Fsp3) is 0.0870. The number of nitrogens with one attached hydrogen (secondary N) is 1. The second-order valence-electron chi connectivity index (χ2n) is 7.43. The average molecular weight is 460 g/mol. The molecule has 1 aliphatic heterocycles. The van der Waals surface area contributed by atoms with Crippen molar-refractivity contribution in [1.82, 2.24) is 4.90 Å². The van der Waals surface area contributed by atoms with Gasteiger partial charge in [0.05, 0.1) is 21.0 Å². The molecule has 0 saturated heterocycles. The highest BCUT2D eigenvalue weighted by atomic mass is 16.6. The number of fused-ring (bicyclic) bond motifs is 1. The van der Waals surface area contributed by atoms with Crippen LogP contribution in [0.3, 0.4) is 0 Å². The molecule has 34 heavy (non-hydrogen) atoms. The van der Waals surface area contributed by atoms with Gasteiger partial charge in [-0.25, -0.2) is 0 Å². The van der Waals surface area contributed by atoms with Crippen LogP contribution in [-0.4, -0.2) is 38.5 Å². The highest BCUT2D eigenvalue weighted by Gasteiger charge is 2.43. The second-order valence-corrected chi connectivity index (χ2v) is 7.43. The molecule has 3 aromatic carbocycles. The standard InChI is InChI=1S/C23H16N4O7/c28-21(24-18-7-3-4-8-19(18)27(33)34)20(13-14-9-11-15(12-10-14)26(31)32)25-22(29)16-5-1-2-6-17(16)23(25)30/h1-12,20H,13H2,(H,24,28). The fourth-order valence-electron chi connectivity index (χ4n) is 3.72. The largest absolute Gasteiger partial charge is 0.319 e. The summed E-state index contributed by atoms with van der Waals surface area (Å²) in [5, 5.41) is 24.7. The summed E-state index contributed by atoms with van der Waals surface area (Å²) in [6.45, 7) is 0. The fourth-order valence-corrected chi connectivity index (χ4v) is 3.72. The molecule has 0 fully saturated rings. The van der Waals surface area contributed by atoms with Crippen LogP contribution in [0, 0.1) is 20.2 Å². The van der Waals surface area contributed by atoms with Crippen molar-refractivity contribution in [3.05, 3.63) is 110 Å². The molecular formula is C23H16N4O7. The first-order valence-electron chi connectivity index (χ1n) is 10.0. The molecule has 170 valence electrons. The molecule has 0 spiro atoms. The van der Waals surface area contributed by atoms with Crippen LogP contribution >= 0.6 is 0 Å². The van der Waals surface area contributed by atoms with Crippen LogP contribution in [0.4, 0.5) is 17.1 Å². The number of amides is 3. The van der Waals surface area contributed by atoms with Gasteiger partial charge in [-0.1, -0.05) is 36.4 Å². The molecule has 1 heterocycles. The van der Waals surface area contributed by atoms with Gasteiger partial charge in [0.1, 0.15) is 11.7 Å². The van der Waals surface area contributed by atoms with E-state index in [4.69, 9.17) is 0 Å². The van der Waals surface area contributed by atoms with E-state index in [0.717, 1.165) is 4.90 Å². The van der Waals surface area contributed by atoms with Crippen LogP contribution in [0.15, 0.2) is 72.8 Å². The summed E-state index contributed by atoms with van der Waals surface area (Å²) in [5.41, 5.74) is 0.116. The molecule has 1 unspecified atom stereocenters. The topological polar surface area (TPSA) is 153 Å². The van der Waals surface area contributed by atoms with E-state index in [0.29, 0.717) is 5.56 Å². The van der Waals surface area contributed by atoms with Crippen molar-refractivity contribution < 1.29 is 24.2 Å². The van der Waals surface area contributed by atoms with Crippen molar-refractivity contribution in [2.45, 2.75) is 12.5 Å². The maximum absolute atomic E-state index is 13.3. The van der Waals surface area contributed by atoms with Crippen LogP contribution in [0.5, 0.6) is 0 Å². The van der Waals surface area contributed by atoms with E-state index in [1.54, 1.807) is 12.1 Å². The third-order valence-corrected chi connectivity index (χ3v) is 5.37. The minimum absolute atomic E-state index is 0.0946. The summed E-state index contributed by atoms with van der Waals surface area (Å²) in [6, 6.07) is 15.6. The number of carbonyl (C=O) groups is 3. The number of rotatable bonds is 7. The van der Waals surface area contributed by atoms with E-state index in [9.17, 15) is 34.6 Å². The summed E-state index contributed by atoms with van der Waals surface area (Å²) in [4.78, 5) is 61.3. The first kappa shape index (κ1) is 22.3. The van der Waals surface area contributed by atoms with Crippen molar-refractivity contribution in [3.8, 4) is 0 Å². The Labute approximate surface area is 191 Å². The minimum Gasteiger partial charge on any atom is -0.319 e. The first-order valence-corrected chi connectivity index (χ1v) is 10.0. The lowest BCUT2D eigenvalue weighted by atomic mass is 10.0. The predicted octanol–water partition coefficient (Wildman–Crippen LogP) is 3.35. The Balaban J connectivity index is 1.70. The van der Waals surface area contributed by atoms with E-state index in [1.807, 2.05) is 0 Å². The number of para-hydroxylation sites is 2. The highest BCUT2D eigenvalue weighted by molar-refractivity contribution is 6.23. The molecule has 4 rings (SSSR count). The lowest BCUT2D eigenvalue weighted by Gasteiger charge is -2.25. The smallest absolute Gasteiger partial charge is 0.292 e. The van der Waals surface area contributed by atoms with Gasteiger partial charge in [0, 0.05) is 24.6 Å². The number of imide groups is 1. The minimum atomic E-state index is -1.37. The van der Waals surface area contributed by atoms with Crippen LogP contribution in [0.25, 0.3) is 0 Å². The number of nitro benzene ring substituents is 2. The number of hydrogen-bond donors (Lipinski definition) is 1. The molecular weight excluding hydrogens is 444 g/mol. The van der Waals surface area contributed by atoms with Gasteiger partial charge in [-0.15, -0.1) is 0 Å². The van der Waals surface area contributed by atoms with Crippen LogP contribution in [-0.2, 0) is 11.2 Å². The number of non-ortho nitro benzene ring substituents is 1. The molecule has 0 radical (unpaired) electrons. The van der Waals surface area contributed by atoms with Gasteiger partial charge in [-0.05, 0) is 23.8 Å². The van der Waals surface area contributed by atoms with Gasteiger partial charge in [0.2, 0.25) is 5.91 Å². The Morgan fingerprint density at radius 2 is 1.38 bits per heavy atom. The Bertz CT molecular complexity index is 1300. The Kier molecular flexibility index (Phi) is 5.83. The van der Waals surface area contributed by atoms with Crippen molar-refractivity contribution in [3.63, 3.8) is 0 Å². The molecule has 11 nitrogen and oxygen atoms in total. The maximum Gasteiger partial charge on any atom is 0.292 e. The van der Waals surface area contributed by atoms with Gasteiger partial charge in [0.15, 0.2) is 0 Å². The van der Waals surface area contributed by atoms with Gasteiger partial charge >= 0.3 is 0 Å². The number of benzene rings is 3. The van der Waals surface area contributed by atoms with E-state index >= 15 is 0 Å². The zero-order chi connectivity index (χ0) is 24.4. The summed E-state index contributed by atoms with van der Waals surface area (Å²) >= 11 is 0. The van der Waals surface area contributed by atoms with Crippen LogP contribution in [0.1, 0.15) is 26.3 Å². The second kappa shape index (κ2) is 8.90. The highest BCUT2D eigenvalue weighted by Crippen LogP contribution is 2.28. The van der Waals surface area contributed by atoms with E-state index in [2.05, 4.69) is 5.32 Å². The molecule has 0 bridgehead atoms. The summed E-state index contributed by atoms with van der Waals surface area (Å²) in [7, 11) is 0. The van der Waals surface area contributed by atoms with Crippen molar-refractivity contribution >= 4 is 34.8 Å². The number of carbonyl (C=O) groups excluding carboxylic acids is 3. The van der Waals surface area contributed by atoms with Crippen molar-refractivity contribution in [2.24, 2.45) is 0 Å². The molecule has 1 N–H and O–H groups in total. The molecule has 0 aliphatic carbocycles. The van der Waals surface area contributed by atoms with Gasteiger partial charge in [-0.3, -0.25) is 39.5 Å². The summed E-state index contributed by atoms with van der Waals surface area (Å²) in [6.07, 6.45) is -0.157. The van der Waals surface area contributed by atoms with E-state index in [1.165, 1.54) is 60.7 Å². The van der Waals surface area contributed by atoms with Crippen molar-refractivity contribution in [1.29, 1.82) is 0 Å². The normalized spacial score (nSPS) is 13.4. The quantitative estimate of drug-likeness (QED) is 0.322. The SMILES string of the molecule is O=C(Nc1ccccc1[N+](=O)[O-])C(Cc1ccc([N+](=O)[O-])cc1)N1C(=O)c2ccccc2C1=O. The molecule has 1 atom stereocenters. The van der Waals surface area contributed by atoms with Crippen LogP contribution in [0.2, 0.25) is 0 Å². The molecule has 3 aromatic rings. The maximum atomic E-state index is 13.3. The molecule has 0 saturated carbocycles. The lowest BCUT2D eigenvalue weighted by molar-refractivity contribution is -0.384. The number of hydrogen-bond acceptors (Lipinski definition) is 7. The molecule has 1 aliphatic rings. The molecule has 3 amide bonds. The summed E-state index contributed by atoms with van der Waals surface area (Å²) < 4.78 is 0. The predicted molar refractivity (Wildman–Crippen MR) is 119 cm³/mol. The van der Waals surface area contributed by atoms with Crippen molar-refractivity contribution in [2.75, 3.05) is 5.32 Å². The third-order valence-electron chi connectivity index (χ3n) is 5.37. The monoisotopic (exact) mass is 460 g/mol. The van der Waals surface area contributed by atoms with Gasteiger partial charge in [0.25, 0.3) is 23.2 Å². The Morgan fingerprint density at radius 1 is 0.824 bits per heavy atom. The zero-order valence-electron chi connectivity index (χ0n) is 17.4. The lowest BCUT2D eigenvalue weighted by Crippen LogP contribution is -2.48. The third kappa shape index (κ3) is 4.09. The first-order chi connectivity index (χ1) is 16.3. The number of anilines is 1. The van der Waals surface area contributed by atoms with E-state index in [-0.39, 0.29) is 34.6 Å². The van der Waals surface area contributed by atoms with Crippen LogP contribution < -0.4 is 5.32 Å². The molecule has 11 heteroatoms. The van der Waals surface area contributed by atoms with Gasteiger partial charge in [-0.2, -0.15) is 0 Å². The Morgan fingerprint density at radius 3 is 1.94 bits per heavy atom. The number of nitro groups is 2. The molecule has 0 aromatic heterocycles. The van der Waals surface area contributed by atoms with Gasteiger partial charge < -0.3 is 5.32 Å². The number of nitrogens with zero attached hydrogens (tertiary/aromatic N) is 3. The van der Waals surface area contributed by atoms with E-state index < -0.39 is 33.6 Å². The zero-order valence-corrected chi connectivity index (χ0v) is 17.4. The summed E-state index contributed by atoms with van der Waals surface area (Å²) in [5.74, 6) is -2.17.